The number of hydrogen-bond donors (Lipinski definition) is 1. The zero-order valence-electron chi connectivity index (χ0n) is 10.6. The molecule has 0 saturated carbocycles. The van der Waals surface area contributed by atoms with Gasteiger partial charge in [-0.2, -0.15) is 0 Å². The summed E-state index contributed by atoms with van der Waals surface area (Å²) in [5.41, 5.74) is 0.204. The second kappa shape index (κ2) is 6.94. The van der Waals surface area contributed by atoms with Crippen LogP contribution in [0.1, 0.15) is 12.1 Å². The van der Waals surface area contributed by atoms with Crippen LogP contribution in [-0.2, 0) is 0 Å². The predicted octanol–water partition coefficient (Wildman–Crippen LogP) is 2.03. The lowest BCUT2D eigenvalue weighted by Crippen LogP contribution is -2.14. The van der Waals surface area contributed by atoms with Gasteiger partial charge in [0.1, 0.15) is 11.4 Å². The number of aromatic amines is 1. The van der Waals surface area contributed by atoms with Crippen LogP contribution in [0, 0.1) is 6.92 Å². The SMILES string of the molecule is Cc1nnc(SCCCOc2ccccc2)[nH]c1=O. The van der Waals surface area contributed by atoms with Crippen molar-refractivity contribution in [3.05, 3.63) is 46.4 Å². The molecule has 0 amide bonds. The van der Waals surface area contributed by atoms with Gasteiger partial charge in [-0.15, -0.1) is 10.2 Å². The highest BCUT2D eigenvalue weighted by Gasteiger charge is 2.01. The topological polar surface area (TPSA) is 67.9 Å². The normalized spacial score (nSPS) is 10.4. The molecule has 0 fully saturated rings. The fourth-order valence-corrected chi connectivity index (χ4v) is 2.10. The summed E-state index contributed by atoms with van der Waals surface area (Å²) in [5, 5.41) is 8.24. The first-order chi connectivity index (χ1) is 9.25. The number of thioether (sulfide) groups is 1. The molecule has 2 rings (SSSR count). The lowest BCUT2D eigenvalue weighted by atomic mass is 10.3. The monoisotopic (exact) mass is 277 g/mol. The Hall–Kier alpha value is -1.82. The molecule has 0 aliphatic heterocycles. The van der Waals surface area contributed by atoms with Crippen LogP contribution in [-0.4, -0.2) is 27.5 Å². The Balaban J connectivity index is 1.69. The second-order valence-corrected chi connectivity index (χ2v) is 4.99. The molecular weight excluding hydrogens is 262 g/mol. The fourth-order valence-electron chi connectivity index (χ4n) is 1.38. The van der Waals surface area contributed by atoms with Gasteiger partial charge in [0.2, 0.25) is 0 Å². The summed E-state index contributed by atoms with van der Waals surface area (Å²) in [4.78, 5) is 14.0. The molecule has 19 heavy (non-hydrogen) atoms. The largest absolute Gasteiger partial charge is 0.494 e. The minimum absolute atomic E-state index is 0.182. The van der Waals surface area contributed by atoms with Crippen LogP contribution in [0.2, 0.25) is 0 Å². The maximum Gasteiger partial charge on any atom is 0.273 e. The van der Waals surface area contributed by atoms with Crippen molar-refractivity contribution in [2.75, 3.05) is 12.4 Å². The highest BCUT2D eigenvalue weighted by atomic mass is 32.2. The van der Waals surface area contributed by atoms with E-state index in [2.05, 4.69) is 15.2 Å². The van der Waals surface area contributed by atoms with Crippen molar-refractivity contribution in [3.8, 4) is 5.75 Å². The number of aryl methyl sites for hydroxylation is 1. The first-order valence-corrected chi connectivity index (χ1v) is 6.98. The van der Waals surface area contributed by atoms with Gasteiger partial charge in [0.05, 0.1) is 6.61 Å². The summed E-state index contributed by atoms with van der Waals surface area (Å²) in [5.74, 6) is 1.69. The Labute approximate surface area is 115 Å². The van der Waals surface area contributed by atoms with E-state index in [1.165, 1.54) is 11.8 Å². The molecule has 0 unspecified atom stereocenters. The first-order valence-electron chi connectivity index (χ1n) is 6.00. The van der Waals surface area contributed by atoms with Gasteiger partial charge in [-0.05, 0) is 25.5 Å². The number of ether oxygens (including phenoxy) is 1. The van der Waals surface area contributed by atoms with Gasteiger partial charge in [0.25, 0.3) is 5.56 Å². The zero-order chi connectivity index (χ0) is 13.5. The van der Waals surface area contributed by atoms with E-state index in [9.17, 15) is 4.79 Å². The van der Waals surface area contributed by atoms with E-state index in [0.29, 0.717) is 17.5 Å². The third-order valence-corrected chi connectivity index (χ3v) is 3.33. The maximum atomic E-state index is 11.3. The molecule has 0 atom stereocenters. The molecule has 0 aliphatic carbocycles. The van der Waals surface area contributed by atoms with E-state index in [-0.39, 0.29) is 5.56 Å². The van der Waals surface area contributed by atoms with Gasteiger partial charge in [-0.1, -0.05) is 30.0 Å². The number of aromatic nitrogens is 3. The number of H-pyrrole nitrogens is 1. The number of rotatable bonds is 6. The summed E-state index contributed by atoms with van der Waals surface area (Å²) < 4.78 is 5.57. The molecular formula is C13H15N3O2S. The van der Waals surface area contributed by atoms with Crippen molar-refractivity contribution >= 4 is 11.8 Å². The molecule has 1 N–H and O–H groups in total. The van der Waals surface area contributed by atoms with Gasteiger partial charge in [-0.3, -0.25) is 9.78 Å². The van der Waals surface area contributed by atoms with E-state index >= 15 is 0 Å². The Morgan fingerprint density at radius 2 is 2.05 bits per heavy atom. The second-order valence-electron chi connectivity index (χ2n) is 3.91. The van der Waals surface area contributed by atoms with E-state index in [1.807, 2.05) is 30.3 Å². The van der Waals surface area contributed by atoms with Crippen LogP contribution in [0.3, 0.4) is 0 Å². The third kappa shape index (κ3) is 4.40. The van der Waals surface area contributed by atoms with E-state index in [0.717, 1.165) is 17.9 Å². The molecule has 1 heterocycles. The molecule has 0 saturated heterocycles. The lowest BCUT2D eigenvalue weighted by Gasteiger charge is -2.05. The molecule has 1 aromatic heterocycles. The Bertz CT molecular complexity index is 572. The van der Waals surface area contributed by atoms with Crippen molar-refractivity contribution in [1.29, 1.82) is 0 Å². The van der Waals surface area contributed by atoms with Gasteiger partial charge >= 0.3 is 0 Å². The highest BCUT2D eigenvalue weighted by molar-refractivity contribution is 7.99. The van der Waals surface area contributed by atoms with Gasteiger partial charge < -0.3 is 4.74 Å². The van der Waals surface area contributed by atoms with Crippen LogP contribution in [0.4, 0.5) is 0 Å². The molecule has 6 heteroatoms. The molecule has 100 valence electrons. The molecule has 0 radical (unpaired) electrons. The van der Waals surface area contributed by atoms with Crippen LogP contribution in [0.5, 0.6) is 5.75 Å². The summed E-state index contributed by atoms with van der Waals surface area (Å²) in [6.07, 6.45) is 0.872. The highest BCUT2D eigenvalue weighted by Crippen LogP contribution is 2.12. The van der Waals surface area contributed by atoms with Crippen molar-refractivity contribution in [3.63, 3.8) is 0 Å². The van der Waals surface area contributed by atoms with Crippen LogP contribution < -0.4 is 10.3 Å². The average Bonchev–Trinajstić information content (AvgIpc) is 2.43. The molecule has 1 aromatic carbocycles. The summed E-state index contributed by atoms with van der Waals surface area (Å²) in [7, 11) is 0. The Morgan fingerprint density at radius 3 is 2.79 bits per heavy atom. The molecule has 0 aliphatic rings. The molecule has 5 nitrogen and oxygen atoms in total. The van der Waals surface area contributed by atoms with Crippen molar-refractivity contribution in [1.82, 2.24) is 15.2 Å². The van der Waals surface area contributed by atoms with Crippen LogP contribution in [0.25, 0.3) is 0 Å². The minimum Gasteiger partial charge on any atom is -0.494 e. The molecule has 2 aromatic rings. The Morgan fingerprint density at radius 1 is 1.26 bits per heavy atom. The van der Waals surface area contributed by atoms with Gasteiger partial charge in [0, 0.05) is 5.75 Å². The number of para-hydroxylation sites is 1. The van der Waals surface area contributed by atoms with Crippen molar-refractivity contribution in [2.45, 2.75) is 18.5 Å². The van der Waals surface area contributed by atoms with Gasteiger partial charge in [-0.25, -0.2) is 0 Å². The van der Waals surface area contributed by atoms with E-state index in [4.69, 9.17) is 4.74 Å². The summed E-state index contributed by atoms with van der Waals surface area (Å²) >= 11 is 1.47. The summed E-state index contributed by atoms with van der Waals surface area (Å²) in [6.45, 7) is 2.27. The smallest absolute Gasteiger partial charge is 0.273 e. The van der Waals surface area contributed by atoms with Crippen molar-refractivity contribution < 1.29 is 4.74 Å². The van der Waals surface area contributed by atoms with E-state index < -0.39 is 0 Å². The van der Waals surface area contributed by atoms with Crippen LogP contribution >= 0.6 is 11.8 Å². The summed E-state index contributed by atoms with van der Waals surface area (Å²) in [6, 6.07) is 9.69. The average molecular weight is 277 g/mol. The predicted molar refractivity (Wildman–Crippen MR) is 74.7 cm³/mol. The quantitative estimate of drug-likeness (QED) is 0.646. The number of benzene rings is 1. The minimum atomic E-state index is -0.182. The number of nitrogens with one attached hydrogen (secondary N) is 1. The van der Waals surface area contributed by atoms with Crippen molar-refractivity contribution in [2.24, 2.45) is 0 Å². The maximum absolute atomic E-state index is 11.3. The number of hydrogen-bond acceptors (Lipinski definition) is 5. The lowest BCUT2D eigenvalue weighted by molar-refractivity contribution is 0.318. The Kier molecular flexibility index (Phi) is 4.97. The standard InChI is InChI=1S/C13H15N3O2S/c1-10-12(17)14-13(16-15-10)19-9-5-8-18-11-6-3-2-4-7-11/h2-4,6-7H,5,8-9H2,1H3,(H,14,16,17). The zero-order valence-corrected chi connectivity index (χ0v) is 11.4. The first kappa shape index (κ1) is 13.6. The van der Waals surface area contributed by atoms with Crippen LogP contribution in [0.15, 0.2) is 40.3 Å². The molecule has 0 spiro atoms. The third-order valence-electron chi connectivity index (χ3n) is 2.38. The van der Waals surface area contributed by atoms with Gasteiger partial charge in [0.15, 0.2) is 5.16 Å². The fraction of sp³-hybridized carbons (Fsp3) is 0.308. The number of nitrogens with zero attached hydrogens (tertiary/aromatic N) is 2. The van der Waals surface area contributed by atoms with E-state index in [1.54, 1.807) is 6.92 Å². The molecule has 0 bridgehead atoms.